The van der Waals surface area contributed by atoms with Gasteiger partial charge in [-0.15, -0.1) is 0 Å². The molecule has 0 aliphatic carbocycles. The minimum Gasteiger partial charge on any atom is -0.350 e. The van der Waals surface area contributed by atoms with E-state index in [9.17, 15) is 4.79 Å². The Balaban J connectivity index is 2.63. The van der Waals surface area contributed by atoms with Crippen molar-refractivity contribution in [1.82, 2.24) is 5.32 Å². The Hall–Kier alpha value is -0.580. The second-order valence-corrected chi connectivity index (χ2v) is 4.77. The van der Waals surface area contributed by atoms with E-state index in [1.807, 2.05) is 6.92 Å². The number of amides is 1. The Kier molecular flexibility index (Phi) is 5.25. The predicted octanol–water partition coefficient (Wildman–Crippen LogP) is 2.57. The van der Waals surface area contributed by atoms with E-state index in [1.165, 1.54) is 0 Å². The van der Waals surface area contributed by atoms with Crippen LogP contribution in [-0.4, -0.2) is 18.5 Å². The van der Waals surface area contributed by atoms with Gasteiger partial charge in [0.25, 0.3) is 5.91 Å². The zero-order valence-corrected chi connectivity index (χ0v) is 11.3. The SMILES string of the molecule is CCC(N)CNC(=O)c1ccc(Cl)c(Br)c1. The maximum atomic E-state index is 11.7. The highest BCUT2D eigenvalue weighted by atomic mass is 79.9. The standard InChI is InChI=1S/C11H14BrClN2O/c1-2-8(14)6-15-11(16)7-3-4-10(13)9(12)5-7/h3-5,8H,2,6,14H2,1H3,(H,15,16). The molecule has 0 radical (unpaired) electrons. The van der Waals surface area contributed by atoms with Crippen LogP contribution in [0.4, 0.5) is 0 Å². The Morgan fingerprint density at radius 1 is 1.62 bits per heavy atom. The molecule has 0 saturated heterocycles. The first-order valence-corrected chi connectivity index (χ1v) is 6.20. The number of nitrogens with one attached hydrogen (secondary N) is 1. The third-order valence-electron chi connectivity index (χ3n) is 2.23. The summed E-state index contributed by atoms with van der Waals surface area (Å²) in [5.74, 6) is -0.138. The van der Waals surface area contributed by atoms with Crippen LogP contribution in [0.3, 0.4) is 0 Å². The summed E-state index contributed by atoms with van der Waals surface area (Å²) < 4.78 is 0.710. The summed E-state index contributed by atoms with van der Waals surface area (Å²) in [4.78, 5) is 11.7. The molecule has 88 valence electrons. The molecule has 0 aliphatic rings. The number of carbonyl (C=O) groups is 1. The molecule has 3 N–H and O–H groups in total. The second kappa shape index (κ2) is 6.23. The quantitative estimate of drug-likeness (QED) is 0.898. The van der Waals surface area contributed by atoms with Gasteiger partial charge >= 0.3 is 0 Å². The molecule has 16 heavy (non-hydrogen) atoms. The molecule has 1 aromatic rings. The van der Waals surface area contributed by atoms with Gasteiger partial charge in [0.15, 0.2) is 0 Å². The maximum Gasteiger partial charge on any atom is 0.251 e. The van der Waals surface area contributed by atoms with Gasteiger partial charge in [-0.3, -0.25) is 4.79 Å². The fraction of sp³-hybridized carbons (Fsp3) is 0.364. The third kappa shape index (κ3) is 3.77. The molecule has 1 atom stereocenters. The monoisotopic (exact) mass is 304 g/mol. The molecule has 0 fully saturated rings. The molecule has 5 heteroatoms. The van der Waals surface area contributed by atoms with Gasteiger partial charge < -0.3 is 11.1 Å². The van der Waals surface area contributed by atoms with Crippen molar-refractivity contribution in [2.45, 2.75) is 19.4 Å². The van der Waals surface area contributed by atoms with Gasteiger partial charge in [0, 0.05) is 22.6 Å². The van der Waals surface area contributed by atoms with Crippen molar-refractivity contribution in [2.24, 2.45) is 5.73 Å². The molecular weight excluding hydrogens is 291 g/mol. The molecule has 0 heterocycles. The van der Waals surface area contributed by atoms with Crippen LogP contribution in [0.15, 0.2) is 22.7 Å². The summed E-state index contributed by atoms with van der Waals surface area (Å²) in [5, 5.41) is 3.35. The number of halogens is 2. The predicted molar refractivity (Wildman–Crippen MR) is 69.8 cm³/mol. The number of hydrogen-bond donors (Lipinski definition) is 2. The third-order valence-corrected chi connectivity index (χ3v) is 3.44. The summed E-state index contributed by atoms with van der Waals surface area (Å²) in [5.41, 5.74) is 6.28. The van der Waals surface area contributed by atoms with Crippen LogP contribution >= 0.6 is 27.5 Å². The Labute approximate surface area is 108 Å². The van der Waals surface area contributed by atoms with E-state index < -0.39 is 0 Å². The Morgan fingerprint density at radius 3 is 2.88 bits per heavy atom. The zero-order valence-electron chi connectivity index (χ0n) is 8.97. The van der Waals surface area contributed by atoms with Crippen molar-refractivity contribution in [3.05, 3.63) is 33.3 Å². The summed E-state index contributed by atoms with van der Waals surface area (Å²) in [6, 6.07) is 5.05. The smallest absolute Gasteiger partial charge is 0.251 e. The van der Waals surface area contributed by atoms with Crippen LogP contribution in [0, 0.1) is 0 Å². The topological polar surface area (TPSA) is 55.1 Å². The van der Waals surface area contributed by atoms with Gasteiger partial charge in [0.2, 0.25) is 0 Å². The lowest BCUT2D eigenvalue weighted by Gasteiger charge is -2.10. The normalized spacial score (nSPS) is 12.2. The Bertz CT molecular complexity index is 384. The molecule has 1 rings (SSSR count). The van der Waals surface area contributed by atoms with Gasteiger partial charge in [0.05, 0.1) is 5.02 Å². The fourth-order valence-corrected chi connectivity index (χ4v) is 1.60. The van der Waals surface area contributed by atoms with Crippen molar-refractivity contribution < 1.29 is 4.79 Å². The lowest BCUT2D eigenvalue weighted by Crippen LogP contribution is -2.36. The van der Waals surface area contributed by atoms with Crippen LogP contribution in [0.2, 0.25) is 5.02 Å². The highest BCUT2D eigenvalue weighted by Crippen LogP contribution is 2.23. The molecule has 0 bridgehead atoms. The molecule has 3 nitrogen and oxygen atoms in total. The lowest BCUT2D eigenvalue weighted by atomic mass is 10.2. The number of hydrogen-bond acceptors (Lipinski definition) is 2. The lowest BCUT2D eigenvalue weighted by molar-refractivity contribution is 0.0951. The van der Waals surface area contributed by atoms with Crippen LogP contribution in [-0.2, 0) is 0 Å². The zero-order chi connectivity index (χ0) is 12.1. The summed E-state index contributed by atoms with van der Waals surface area (Å²) in [7, 11) is 0. The van der Waals surface area contributed by atoms with Gasteiger partial charge in [-0.05, 0) is 40.5 Å². The van der Waals surface area contributed by atoms with E-state index in [-0.39, 0.29) is 11.9 Å². The molecule has 0 spiro atoms. The largest absolute Gasteiger partial charge is 0.350 e. The molecule has 1 unspecified atom stereocenters. The van der Waals surface area contributed by atoms with E-state index in [0.29, 0.717) is 21.6 Å². The first-order chi connectivity index (χ1) is 7.54. The first kappa shape index (κ1) is 13.5. The van der Waals surface area contributed by atoms with Gasteiger partial charge in [-0.2, -0.15) is 0 Å². The number of nitrogens with two attached hydrogens (primary N) is 1. The molecular formula is C11H14BrClN2O. The summed E-state index contributed by atoms with van der Waals surface area (Å²) in [6.45, 7) is 2.46. The molecule has 1 amide bonds. The average molecular weight is 306 g/mol. The number of carbonyl (C=O) groups excluding carboxylic acids is 1. The molecule has 0 saturated carbocycles. The van der Waals surface area contributed by atoms with Gasteiger partial charge in [-0.1, -0.05) is 18.5 Å². The van der Waals surface area contributed by atoms with Crippen molar-refractivity contribution in [3.63, 3.8) is 0 Å². The summed E-state index contributed by atoms with van der Waals surface area (Å²) in [6.07, 6.45) is 0.838. The average Bonchev–Trinajstić information content (AvgIpc) is 2.29. The van der Waals surface area contributed by atoms with E-state index in [1.54, 1.807) is 18.2 Å². The molecule has 1 aromatic carbocycles. The van der Waals surface area contributed by atoms with Crippen molar-refractivity contribution >= 4 is 33.4 Å². The highest BCUT2D eigenvalue weighted by Gasteiger charge is 2.08. The van der Waals surface area contributed by atoms with Crippen molar-refractivity contribution in [2.75, 3.05) is 6.54 Å². The highest BCUT2D eigenvalue weighted by molar-refractivity contribution is 9.10. The number of benzene rings is 1. The maximum absolute atomic E-state index is 11.7. The van der Waals surface area contributed by atoms with E-state index >= 15 is 0 Å². The fourth-order valence-electron chi connectivity index (χ4n) is 1.11. The molecule has 0 aromatic heterocycles. The first-order valence-electron chi connectivity index (χ1n) is 5.03. The number of rotatable bonds is 4. The minimum atomic E-state index is -0.138. The molecule has 0 aliphatic heterocycles. The van der Waals surface area contributed by atoms with Crippen LogP contribution in [0.25, 0.3) is 0 Å². The van der Waals surface area contributed by atoms with E-state index in [2.05, 4.69) is 21.2 Å². The van der Waals surface area contributed by atoms with Gasteiger partial charge in [0.1, 0.15) is 0 Å². The summed E-state index contributed by atoms with van der Waals surface area (Å²) >= 11 is 9.11. The van der Waals surface area contributed by atoms with Crippen molar-refractivity contribution in [1.29, 1.82) is 0 Å². The van der Waals surface area contributed by atoms with E-state index in [0.717, 1.165) is 6.42 Å². The minimum absolute atomic E-state index is 0.000286. The van der Waals surface area contributed by atoms with Crippen LogP contribution in [0.5, 0.6) is 0 Å². The van der Waals surface area contributed by atoms with Gasteiger partial charge in [-0.25, -0.2) is 0 Å². The van der Waals surface area contributed by atoms with E-state index in [4.69, 9.17) is 17.3 Å². The second-order valence-electron chi connectivity index (χ2n) is 3.51. The Morgan fingerprint density at radius 2 is 2.31 bits per heavy atom. The van der Waals surface area contributed by atoms with Crippen molar-refractivity contribution in [3.8, 4) is 0 Å². The van der Waals surface area contributed by atoms with Crippen LogP contribution in [0.1, 0.15) is 23.7 Å². The van der Waals surface area contributed by atoms with Crippen LogP contribution < -0.4 is 11.1 Å².